The number of nitrogens with one attached hydrogen (secondary N) is 1. The van der Waals surface area contributed by atoms with E-state index in [0.29, 0.717) is 17.4 Å². The molecular formula is C15H20N2O3. The van der Waals surface area contributed by atoms with Crippen LogP contribution in [-0.4, -0.2) is 31.3 Å². The minimum absolute atomic E-state index is 0.0112. The van der Waals surface area contributed by atoms with Crippen LogP contribution in [0, 0.1) is 5.92 Å². The van der Waals surface area contributed by atoms with Crippen LogP contribution >= 0.6 is 0 Å². The number of benzene rings is 1. The molecule has 1 aliphatic heterocycles. The van der Waals surface area contributed by atoms with Crippen molar-refractivity contribution in [3.8, 4) is 5.75 Å². The fraction of sp³-hybridized carbons (Fsp3) is 0.533. The zero-order chi connectivity index (χ0) is 13.9. The molecule has 108 valence electrons. The topological polar surface area (TPSA) is 73.6 Å². The van der Waals surface area contributed by atoms with E-state index in [1.54, 1.807) is 24.3 Å². The molecule has 0 spiro atoms. The molecule has 2 unspecified atom stereocenters. The lowest BCUT2D eigenvalue weighted by Crippen LogP contribution is -2.43. The number of nitrogen functional groups attached to an aromatic ring is 1. The average molecular weight is 276 g/mol. The Morgan fingerprint density at radius 2 is 2.25 bits per heavy atom. The standard InChI is InChI=1S/C15H20N2O3/c16-11-2-1-3-12(8-11)20-9-14(18)17-13-6-7-19-15(13)10-4-5-10/h1-3,8,10,13,15H,4-7,9,16H2,(H,17,18). The van der Waals surface area contributed by atoms with Gasteiger partial charge in [-0.2, -0.15) is 0 Å². The molecule has 2 fully saturated rings. The molecule has 1 amide bonds. The van der Waals surface area contributed by atoms with Gasteiger partial charge in [-0.05, 0) is 37.3 Å². The van der Waals surface area contributed by atoms with Crippen molar-refractivity contribution in [2.75, 3.05) is 18.9 Å². The highest BCUT2D eigenvalue weighted by atomic mass is 16.5. The number of ether oxygens (including phenoxy) is 2. The fourth-order valence-corrected chi connectivity index (χ4v) is 2.66. The van der Waals surface area contributed by atoms with E-state index in [0.717, 1.165) is 13.0 Å². The highest BCUT2D eigenvalue weighted by Gasteiger charge is 2.41. The molecule has 20 heavy (non-hydrogen) atoms. The van der Waals surface area contributed by atoms with Gasteiger partial charge in [-0.3, -0.25) is 4.79 Å². The molecule has 2 aliphatic rings. The second kappa shape index (κ2) is 5.71. The van der Waals surface area contributed by atoms with Crippen LogP contribution in [0.3, 0.4) is 0 Å². The van der Waals surface area contributed by atoms with Crippen LogP contribution in [0.15, 0.2) is 24.3 Å². The summed E-state index contributed by atoms with van der Waals surface area (Å²) in [6.45, 7) is 0.750. The first-order valence-corrected chi connectivity index (χ1v) is 7.11. The van der Waals surface area contributed by atoms with E-state index in [1.807, 2.05) is 0 Å². The molecule has 5 nitrogen and oxygen atoms in total. The monoisotopic (exact) mass is 276 g/mol. The van der Waals surface area contributed by atoms with Gasteiger partial charge < -0.3 is 20.5 Å². The van der Waals surface area contributed by atoms with Crippen molar-refractivity contribution in [1.29, 1.82) is 0 Å². The number of hydrogen-bond donors (Lipinski definition) is 2. The molecule has 1 saturated heterocycles. The SMILES string of the molecule is Nc1cccc(OCC(=O)NC2CCOC2C2CC2)c1. The summed E-state index contributed by atoms with van der Waals surface area (Å²) >= 11 is 0. The lowest BCUT2D eigenvalue weighted by atomic mass is 10.1. The summed E-state index contributed by atoms with van der Waals surface area (Å²) in [5.41, 5.74) is 6.28. The second-order valence-corrected chi connectivity index (χ2v) is 5.50. The van der Waals surface area contributed by atoms with Crippen LogP contribution in [0.25, 0.3) is 0 Å². The molecule has 1 aromatic rings. The minimum Gasteiger partial charge on any atom is -0.484 e. The smallest absolute Gasteiger partial charge is 0.258 e. The molecule has 1 aliphatic carbocycles. The van der Waals surface area contributed by atoms with E-state index in [9.17, 15) is 4.79 Å². The van der Waals surface area contributed by atoms with Crippen molar-refractivity contribution in [1.82, 2.24) is 5.32 Å². The molecule has 0 radical (unpaired) electrons. The maximum Gasteiger partial charge on any atom is 0.258 e. The summed E-state index contributed by atoms with van der Waals surface area (Å²) in [5.74, 6) is 1.15. The van der Waals surface area contributed by atoms with Crippen molar-refractivity contribution in [3.63, 3.8) is 0 Å². The van der Waals surface area contributed by atoms with E-state index in [2.05, 4.69) is 5.32 Å². The number of carbonyl (C=O) groups excluding carboxylic acids is 1. The lowest BCUT2D eigenvalue weighted by molar-refractivity contribution is -0.124. The van der Waals surface area contributed by atoms with Gasteiger partial charge in [-0.1, -0.05) is 6.07 Å². The molecule has 2 atom stereocenters. The number of amides is 1. The van der Waals surface area contributed by atoms with E-state index in [4.69, 9.17) is 15.2 Å². The van der Waals surface area contributed by atoms with Crippen LogP contribution in [0.1, 0.15) is 19.3 Å². The van der Waals surface area contributed by atoms with Gasteiger partial charge in [-0.15, -0.1) is 0 Å². The predicted octanol–water partition coefficient (Wildman–Crippen LogP) is 1.33. The number of rotatable bonds is 5. The van der Waals surface area contributed by atoms with Crippen molar-refractivity contribution in [2.45, 2.75) is 31.4 Å². The Hall–Kier alpha value is -1.75. The highest BCUT2D eigenvalue weighted by molar-refractivity contribution is 5.78. The number of hydrogen-bond acceptors (Lipinski definition) is 4. The van der Waals surface area contributed by atoms with Gasteiger partial charge in [0.2, 0.25) is 0 Å². The first kappa shape index (κ1) is 13.2. The fourth-order valence-electron chi connectivity index (χ4n) is 2.66. The molecule has 1 heterocycles. The Balaban J connectivity index is 1.47. The minimum atomic E-state index is -0.103. The summed E-state index contributed by atoms with van der Waals surface area (Å²) in [7, 11) is 0. The third kappa shape index (κ3) is 3.22. The lowest BCUT2D eigenvalue weighted by Gasteiger charge is -2.19. The summed E-state index contributed by atoms with van der Waals surface area (Å²) in [6, 6.07) is 7.22. The van der Waals surface area contributed by atoms with Crippen molar-refractivity contribution in [2.24, 2.45) is 5.92 Å². The maximum absolute atomic E-state index is 11.9. The molecule has 3 N–H and O–H groups in total. The third-order valence-corrected chi connectivity index (χ3v) is 3.80. The molecule has 1 aromatic carbocycles. The van der Waals surface area contributed by atoms with Gasteiger partial charge in [-0.25, -0.2) is 0 Å². The third-order valence-electron chi connectivity index (χ3n) is 3.80. The molecule has 0 bridgehead atoms. The first-order chi connectivity index (χ1) is 9.72. The Labute approximate surface area is 118 Å². The van der Waals surface area contributed by atoms with Crippen LogP contribution < -0.4 is 15.8 Å². The molecular weight excluding hydrogens is 256 g/mol. The quantitative estimate of drug-likeness (QED) is 0.796. The van der Waals surface area contributed by atoms with Gasteiger partial charge >= 0.3 is 0 Å². The van der Waals surface area contributed by atoms with Crippen LogP contribution in [0.5, 0.6) is 5.75 Å². The van der Waals surface area contributed by atoms with Crippen LogP contribution in [0.2, 0.25) is 0 Å². The van der Waals surface area contributed by atoms with Crippen molar-refractivity contribution < 1.29 is 14.3 Å². The van der Waals surface area contributed by atoms with E-state index in [1.165, 1.54) is 12.8 Å². The Morgan fingerprint density at radius 1 is 1.40 bits per heavy atom. The predicted molar refractivity (Wildman–Crippen MR) is 75.4 cm³/mol. The van der Waals surface area contributed by atoms with Crippen LogP contribution in [-0.2, 0) is 9.53 Å². The highest BCUT2D eigenvalue weighted by Crippen LogP contribution is 2.38. The Bertz CT molecular complexity index is 488. The van der Waals surface area contributed by atoms with Crippen molar-refractivity contribution in [3.05, 3.63) is 24.3 Å². The summed E-state index contributed by atoms with van der Waals surface area (Å²) < 4.78 is 11.1. The number of anilines is 1. The summed E-state index contributed by atoms with van der Waals surface area (Å²) in [4.78, 5) is 11.9. The largest absolute Gasteiger partial charge is 0.484 e. The first-order valence-electron chi connectivity index (χ1n) is 7.11. The zero-order valence-electron chi connectivity index (χ0n) is 11.4. The molecule has 0 aromatic heterocycles. The summed E-state index contributed by atoms with van der Waals surface area (Å²) in [5, 5.41) is 3.01. The van der Waals surface area contributed by atoms with E-state index >= 15 is 0 Å². The van der Waals surface area contributed by atoms with Gasteiger partial charge in [0.05, 0.1) is 12.1 Å². The molecule has 3 rings (SSSR count). The van der Waals surface area contributed by atoms with Crippen LogP contribution in [0.4, 0.5) is 5.69 Å². The van der Waals surface area contributed by atoms with Gasteiger partial charge in [0.15, 0.2) is 6.61 Å². The van der Waals surface area contributed by atoms with Gasteiger partial charge in [0.1, 0.15) is 5.75 Å². The van der Waals surface area contributed by atoms with Crippen molar-refractivity contribution >= 4 is 11.6 Å². The van der Waals surface area contributed by atoms with Gasteiger partial charge in [0, 0.05) is 18.4 Å². The number of carbonyl (C=O) groups is 1. The number of nitrogens with two attached hydrogens (primary N) is 1. The average Bonchev–Trinajstić information content (AvgIpc) is 3.17. The normalized spacial score (nSPS) is 25.4. The van der Waals surface area contributed by atoms with E-state index < -0.39 is 0 Å². The molecule has 5 heteroatoms. The second-order valence-electron chi connectivity index (χ2n) is 5.50. The Kier molecular flexibility index (Phi) is 3.78. The Morgan fingerprint density at radius 3 is 3.00 bits per heavy atom. The van der Waals surface area contributed by atoms with E-state index in [-0.39, 0.29) is 24.7 Å². The molecule has 1 saturated carbocycles. The maximum atomic E-state index is 11.9. The summed E-state index contributed by atoms with van der Waals surface area (Å²) in [6.07, 6.45) is 3.53. The zero-order valence-corrected chi connectivity index (χ0v) is 11.4. The van der Waals surface area contributed by atoms with Gasteiger partial charge in [0.25, 0.3) is 5.91 Å².